The lowest BCUT2D eigenvalue weighted by Crippen LogP contribution is -2.02. The first kappa shape index (κ1) is 10.7. The van der Waals surface area contributed by atoms with Gasteiger partial charge < -0.3 is 10.2 Å². The van der Waals surface area contributed by atoms with Crippen LogP contribution in [0.3, 0.4) is 0 Å². The first-order valence-electron chi connectivity index (χ1n) is 4.52. The molecule has 3 nitrogen and oxygen atoms in total. The van der Waals surface area contributed by atoms with Crippen molar-refractivity contribution in [3.63, 3.8) is 0 Å². The lowest BCUT2D eigenvalue weighted by Gasteiger charge is -2.05. The third-order valence-corrected chi connectivity index (χ3v) is 2.03. The second-order valence-electron chi connectivity index (χ2n) is 3.42. The third-order valence-electron chi connectivity index (χ3n) is 2.03. The Kier molecular flexibility index (Phi) is 3.25. The molecule has 2 N–H and O–H groups in total. The third kappa shape index (κ3) is 3.18. The van der Waals surface area contributed by atoms with Gasteiger partial charge in [-0.2, -0.15) is 0 Å². The largest absolute Gasteiger partial charge is 0.481 e. The molecule has 3 heteroatoms. The van der Waals surface area contributed by atoms with E-state index in [9.17, 15) is 5.11 Å². The first-order valence-corrected chi connectivity index (χ1v) is 4.52. The summed E-state index contributed by atoms with van der Waals surface area (Å²) in [4.78, 5) is 9.00. The SMILES string of the molecule is CC(=O)O.OC1(c2ccccc2)CC1. The molecule has 0 amide bonds. The number of carbonyl (C=O) groups is 1. The van der Waals surface area contributed by atoms with E-state index in [0.717, 1.165) is 25.3 Å². The number of carboxylic acids is 1. The van der Waals surface area contributed by atoms with E-state index in [1.54, 1.807) is 0 Å². The molecule has 0 unspecified atom stereocenters. The van der Waals surface area contributed by atoms with Crippen molar-refractivity contribution >= 4 is 5.97 Å². The number of benzene rings is 1. The van der Waals surface area contributed by atoms with Crippen molar-refractivity contribution in [2.75, 3.05) is 0 Å². The Morgan fingerprint density at radius 2 is 1.71 bits per heavy atom. The highest BCUT2D eigenvalue weighted by molar-refractivity contribution is 5.62. The Hall–Kier alpha value is -1.35. The topological polar surface area (TPSA) is 57.5 Å². The summed E-state index contributed by atoms with van der Waals surface area (Å²) in [5.74, 6) is -0.833. The Morgan fingerprint density at radius 3 is 2.07 bits per heavy atom. The van der Waals surface area contributed by atoms with Crippen molar-refractivity contribution in [1.82, 2.24) is 0 Å². The van der Waals surface area contributed by atoms with Crippen molar-refractivity contribution in [2.45, 2.75) is 25.4 Å². The van der Waals surface area contributed by atoms with Crippen LogP contribution < -0.4 is 0 Å². The van der Waals surface area contributed by atoms with Crippen molar-refractivity contribution in [2.24, 2.45) is 0 Å². The van der Waals surface area contributed by atoms with Crippen LogP contribution in [0.5, 0.6) is 0 Å². The van der Waals surface area contributed by atoms with Gasteiger partial charge in [0.25, 0.3) is 5.97 Å². The number of rotatable bonds is 1. The van der Waals surface area contributed by atoms with Gasteiger partial charge in [0.05, 0.1) is 5.60 Å². The van der Waals surface area contributed by atoms with Crippen LogP contribution in [0.25, 0.3) is 0 Å². The smallest absolute Gasteiger partial charge is 0.300 e. The summed E-state index contributed by atoms with van der Waals surface area (Å²) < 4.78 is 0. The normalized spacial score (nSPS) is 16.4. The van der Waals surface area contributed by atoms with Crippen LogP contribution in [0.4, 0.5) is 0 Å². The first-order chi connectivity index (χ1) is 6.54. The fourth-order valence-electron chi connectivity index (χ4n) is 1.16. The lowest BCUT2D eigenvalue weighted by molar-refractivity contribution is -0.134. The van der Waals surface area contributed by atoms with Gasteiger partial charge in [-0.25, -0.2) is 0 Å². The zero-order valence-corrected chi connectivity index (χ0v) is 8.10. The molecule has 1 saturated carbocycles. The van der Waals surface area contributed by atoms with E-state index < -0.39 is 11.6 Å². The maximum absolute atomic E-state index is 9.60. The molecule has 0 atom stereocenters. The van der Waals surface area contributed by atoms with E-state index in [4.69, 9.17) is 9.90 Å². The van der Waals surface area contributed by atoms with Crippen LogP contribution >= 0.6 is 0 Å². The Labute approximate surface area is 83.0 Å². The molecule has 0 aliphatic heterocycles. The van der Waals surface area contributed by atoms with Gasteiger partial charge in [-0.1, -0.05) is 30.3 Å². The summed E-state index contributed by atoms with van der Waals surface area (Å²) in [6.07, 6.45) is 1.86. The minimum atomic E-state index is -0.833. The number of aliphatic hydroxyl groups is 1. The molecule has 0 aromatic heterocycles. The summed E-state index contributed by atoms with van der Waals surface area (Å²) in [6.45, 7) is 1.08. The van der Waals surface area contributed by atoms with Crippen LogP contribution in [0.1, 0.15) is 25.3 Å². The highest BCUT2D eigenvalue weighted by atomic mass is 16.4. The van der Waals surface area contributed by atoms with Gasteiger partial charge in [0.15, 0.2) is 0 Å². The monoisotopic (exact) mass is 194 g/mol. The molecule has 1 aliphatic rings. The molecular weight excluding hydrogens is 180 g/mol. The van der Waals surface area contributed by atoms with E-state index in [2.05, 4.69) is 0 Å². The maximum Gasteiger partial charge on any atom is 0.300 e. The van der Waals surface area contributed by atoms with Gasteiger partial charge in [0.2, 0.25) is 0 Å². The average Bonchev–Trinajstić information content (AvgIpc) is 2.86. The molecule has 1 fully saturated rings. The molecule has 0 spiro atoms. The van der Waals surface area contributed by atoms with Crippen molar-refractivity contribution < 1.29 is 15.0 Å². The number of hydrogen-bond acceptors (Lipinski definition) is 2. The second kappa shape index (κ2) is 4.24. The molecule has 1 aliphatic carbocycles. The molecule has 0 heterocycles. The predicted molar refractivity (Wildman–Crippen MR) is 52.9 cm³/mol. The number of hydrogen-bond donors (Lipinski definition) is 2. The minimum Gasteiger partial charge on any atom is -0.481 e. The zero-order valence-electron chi connectivity index (χ0n) is 8.10. The summed E-state index contributed by atoms with van der Waals surface area (Å²) >= 11 is 0. The van der Waals surface area contributed by atoms with E-state index in [1.807, 2.05) is 30.3 Å². The van der Waals surface area contributed by atoms with Crippen LogP contribution in [0.2, 0.25) is 0 Å². The summed E-state index contributed by atoms with van der Waals surface area (Å²) in [6, 6.07) is 9.85. The summed E-state index contributed by atoms with van der Waals surface area (Å²) in [7, 11) is 0. The van der Waals surface area contributed by atoms with E-state index in [-0.39, 0.29) is 0 Å². The minimum absolute atomic E-state index is 0.457. The summed E-state index contributed by atoms with van der Waals surface area (Å²) in [5, 5.41) is 17.0. The van der Waals surface area contributed by atoms with Crippen LogP contribution in [0, 0.1) is 0 Å². The van der Waals surface area contributed by atoms with Crippen molar-refractivity contribution in [1.29, 1.82) is 0 Å². The van der Waals surface area contributed by atoms with Gasteiger partial charge in [0.1, 0.15) is 0 Å². The maximum atomic E-state index is 9.60. The van der Waals surface area contributed by atoms with Crippen LogP contribution in [-0.4, -0.2) is 16.2 Å². The second-order valence-corrected chi connectivity index (χ2v) is 3.42. The van der Waals surface area contributed by atoms with Crippen LogP contribution in [0.15, 0.2) is 30.3 Å². The zero-order chi connectivity index (χ0) is 10.6. The Bertz CT molecular complexity index is 298. The molecule has 0 radical (unpaired) electrons. The molecule has 14 heavy (non-hydrogen) atoms. The number of carboxylic acid groups (broad SMARTS) is 1. The highest BCUT2D eigenvalue weighted by Gasteiger charge is 2.41. The fourth-order valence-corrected chi connectivity index (χ4v) is 1.16. The van der Waals surface area contributed by atoms with Crippen molar-refractivity contribution in [3.05, 3.63) is 35.9 Å². The molecule has 0 bridgehead atoms. The molecule has 76 valence electrons. The molecular formula is C11H14O3. The Balaban J connectivity index is 0.000000213. The van der Waals surface area contributed by atoms with E-state index in [1.165, 1.54) is 0 Å². The van der Waals surface area contributed by atoms with Gasteiger partial charge in [-0.15, -0.1) is 0 Å². The molecule has 2 rings (SSSR count). The summed E-state index contributed by atoms with van der Waals surface area (Å²) in [5.41, 5.74) is 0.608. The standard InChI is InChI=1S/C9H10O.C2H4O2/c10-9(6-7-9)8-4-2-1-3-5-8;1-2(3)4/h1-5,10H,6-7H2;1H3,(H,3,4). The van der Waals surface area contributed by atoms with Crippen molar-refractivity contribution in [3.8, 4) is 0 Å². The molecule has 1 aromatic carbocycles. The van der Waals surface area contributed by atoms with Gasteiger partial charge >= 0.3 is 0 Å². The van der Waals surface area contributed by atoms with Gasteiger partial charge in [-0.3, -0.25) is 4.79 Å². The van der Waals surface area contributed by atoms with Crippen LogP contribution in [-0.2, 0) is 10.4 Å². The van der Waals surface area contributed by atoms with E-state index in [0.29, 0.717) is 0 Å². The molecule has 0 saturated heterocycles. The van der Waals surface area contributed by atoms with Gasteiger partial charge in [-0.05, 0) is 18.4 Å². The quantitative estimate of drug-likeness (QED) is 0.716. The fraction of sp³-hybridized carbons (Fsp3) is 0.364. The number of aliphatic carboxylic acids is 1. The Morgan fingerprint density at radius 1 is 1.29 bits per heavy atom. The molecule has 1 aromatic rings. The lowest BCUT2D eigenvalue weighted by atomic mass is 10.1. The average molecular weight is 194 g/mol. The van der Waals surface area contributed by atoms with E-state index >= 15 is 0 Å². The highest BCUT2D eigenvalue weighted by Crippen LogP contribution is 2.44. The predicted octanol–water partition coefficient (Wildman–Crippen LogP) is 1.76. The van der Waals surface area contributed by atoms with Gasteiger partial charge in [0, 0.05) is 6.92 Å².